The Bertz CT molecular complexity index is 751. The highest BCUT2D eigenvalue weighted by molar-refractivity contribution is 5.92. The van der Waals surface area contributed by atoms with Gasteiger partial charge in [0.05, 0.1) is 24.8 Å². The van der Waals surface area contributed by atoms with Gasteiger partial charge in [0.2, 0.25) is 0 Å². The van der Waals surface area contributed by atoms with Crippen molar-refractivity contribution >= 4 is 5.91 Å². The molecule has 2 aromatic heterocycles. The van der Waals surface area contributed by atoms with Crippen molar-refractivity contribution in [2.24, 2.45) is 0 Å². The highest BCUT2D eigenvalue weighted by Crippen LogP contribution is 2.36. The fourth-order valence-electron chi connectivity index (χ4n) is 3.95. The Balaban J connectivity index is 1.28. The Hall–Kier alpha value is -2.18. The summed E-state index contributed by atoms with van der Waals surface area (Å²) in [5.74, 6) is 1.85. The Morgan fingerprint density at radius 1 is 1.31 bits per heavy atom. The lowest BCUT2D eigenvalue weighted by Gasteiger charge is -2.38. The molecule has 2 saturated heterocycles. The minimum absolute atomic E-state index is 0.0591. The van der Waals surface area contributed by atoms with Gasteiger partial charge in [0, 0.05) is 19.3 Å². The fraction of sp³-hybridized carbons (Fsp3) is 0.500. The van der Waals surface area contributed by atoms with E-state index in [1.54, 1.807) is 12.3 Å². The number of piperidine rings is 1. The molecule has 1 atom stereocenters. The molecule has 1 amide bonds. The topological polar surface area (TPSA) is 67.6 Å². The van der Waals surface area contributed by atoms with Gasteiger partial charge in [-0.3, -0.25) is 14.7 Å². The SMILES string of the molecule is Cc1ccc(CN2CCC3(CC2)C[C@H](NC(=O)c2ccccn2)CO3)o1. The summed E-state index contributed by atoms with van der Waals surface area (Å²) < 4.78 is 11.8. The predicted molar refractivity (Wildman–Crippen MR) is 96.7 cm³/mol. The second kappa shape index (κ2) is 7.21. The quantitative estimate of drug-likeness (QED) is 0.913. The molecule has 0 bridgehead atoms. The van der Waals surface area contributed by atoms with Gasteiger partial charge in [-0.25, -0.2) is 0 Å². The molecule has 0 aromatic carbocycles. The smallest absolute Gasteiger partial charge is 0.270 e. The summed E-state index contributed by atoms with van der Waals surface area (Å²) in [6, 6.07) is 9.48. The van der Waals surface area contributed by atoms with E-state index < -0.39 is 0 Å². The van der Waals surface area contributed by atoms with E-state index in [4.69, 9.17) is 9.15 Å². The van der Waals surface area contributed by atoms with E-state index in [0.717, 1.165) is 50.4 Å². The van der Waals surface area contributed by atoms with Crippen LogP contribution in [-0.4, -0.2) is 47.1 Å². The Morgan fingerprint density at radius 2 is 2.15 bits per heavy atom. The molecule has 0 unspecified atom stereocenters. The second-order valence-corrected chi connectivity index (χ2v) is 7.37. The van der Waals surface area contributed by atoms with Gasteiger partial charge in [-0.2, -0.15) is 0 Å². The summed E-state index contributed by atoms with van der Waals surface area (Å²) >= 11 is 0. The van der Waals surface area contributed by atoms with Crippen LogP contribution in [0.3, 0.4) is 0 Å². The van der Waals surface area contributed by atoms with Crippen LogP contribution in [0.2, 0.25) is 0 Å². The van der Waals surface area contributed by atoms with Gasteiger partial charge >= 0.3 is 0 Å². The zero-order valence-electron chi connectivity index (χ0n) is 15.1. The highest BCUT2D eigenvalue weighted by atomic mass is 16.5. The van der Waals surface area contributed by atoms with Gasteiger partial charge in [-0.15, -0.1) is 0 Å². The minimum Gasteiger partial charge on any atom is -0.465 e. The zero-order valence-corrected chi connectivity index (χ0v) is 15.1. The number of amides is 1. The minimum atomic E-state index is -0.123. The summed E-state index contributed by atoms with van der Waals surface area (Å²) in [6.07, 6.45) is 4.49. The number of carbonyl (C=O) groups is 1. The van der Waals surface area contributed by atoms with E-state index in [1.165, 1.54) is 0 Å². The number of nitrogens with zero attached hydrogens (tertiary/aromatic N) is 2. The van der Waals surface area contributed by atoms with Crippen molar-refractivity contribution < 1.29 is 13.9 Å². The van der Waals surface area contributed by atoms with E-state index in [-0.39, 0.29) is 17.6 Å². The van der Waals surface area contributed by atoms with Gasteiger partial charge in [0.1, 0.15) is 17.2 Å². The van der Waals surface area contributed by atoms with Crippen LogP contribution in [0.15, 0.2) is 40.9 Å². The van der Waals surface area contributed by atoms with Gasteiger partial charge in [-0.05, 0) is 50.5 Å². The van der Waals surface area contributed by atoms with Crippen molar-refractivity contribution in [3.8, 4) is 0 Å². The number of hydrogen-bond acceptors (Lipinski definition) is 5. The standard InChI is InChI=1S/C20H25N3O3/c1-15-5-6-17(26-15)13-23-10-7-20(8-11-23)12-16(14-25-20)22-19(24)18-4-2-3-9-21-18/h2-6,9,16H,7-8,10-14H2,1H3,(H,22,24)/t16-/m0/s1. The lowest BCUT2D eigenvalue weighted by molar-refractivity contribution is -0.0458. The van der Waals surface area contributed by atoms with Crippen LogP contribution >= 0.6 is 0 Å². The fourth-order valence-corrected chi connectivity index (χ4v) is 3.95. The molecule has 0 saturated carbocycles. The summed E-state index contributed by atoms with van der Waals surface area (Å²) in [5, 5.41) is 3.07. The molecule has 138 valence electrons. The molecule has 0 radical (unpaired) electrons. The molecule has 6 nitrogen and oxygen atoms in total. The number of pyridine rings is 1. The third-order valence-electron chi connectivity index (χ3n) is 5.38. The summed E-state index contributed by atoms with van der Waals surface area (Å²) in [6.45, 7) is 5.38. The average molecular weight is 355 g/mol. The molecule has 26 heavy (non-hydrogen) atoms. The number of rotatable bonds is 4. The van der Waals surface area contributed by atoms with Crippen molar-refractivity contribution in [1.82, 2.24) is 15.2 Å². The maximum absolute atomic E-state index is 12.3. The van der Waals surface area contributed by atoms with Crippen molar-refractivity contribution in [3.05, 3.63) is 53.7 Å². The first kappa shape index (κ1) is 17.2. The molecule has 4 rings (SSSR count). The second-order valence-electron chi connectivity index (χ2n) is 7.37. The largest absolute Gasteiger partial charge is 0.465 e. The molecule has 2 aliphatic rings. The molecule has 6 heteroatoms. The first-order valence-corrected chi connectivity index (χ1v) is 9.25. The molecule has 2 aliphatic heterocycles. The van der Waals surface area contributed by atoms with Gasteiger partial charge in [-0.1, -0.05) is 6.07 Å². The predicted octanol–water partition coefficient (Wildman–Crippen LogP) is 2.54. The number of nitrogens with one attached hydrogen (secondary N) is 1. The van der Waals surface area contributed by atoms with E-state index in [1.807, 2.05) is 25.1 Å². The average Bonchev–Trinajstić information content (AvgIpc) is 3.24. The number of hydrogen-bond donors (Lipinski definition) is 1. The van der Waals surface area contributed by atoms with Crippen LogP contribution in [-0.2, 0) is 11.3 Å². The number of furan rings is 1. The molecule has 1 spiro atoms. The number of aromatic nitrogens is 1. The van der Waals surface area contributed by atoms with E-state index >= 15 is 0 Å². The molecular weight excluding hydrogens is 330 g/mol. The van der Waals surface area contributed by atoms with Crippen LogP contribution in [0.1, 0.15) is 41.3 Å². The Labute approximate surface area is 153 Å². The van der Waals surface area contributed by atoms with Crippen LogP contribution in [0.4, 0.5) is 0 Å². The molecular formula is C20H25N3O3. The lowest BCUT2D eigenvalue weighted by atomic mass is 9.87. The number of likely N-dealkylation sites (tertiary alicyclic amines) is 1. The number of aryl methyl sites for hydroxylation is 1. The highest BCUT2D eigenvalue weighted by Gasteiger charge is 2.43. The summed E-state index contributed by atoms with van der Waals surface area (Å²) in [5.41, 5.74) is 0.356. The van der Waals surface area contributed by atoms with Crippen molar-refractivity contribution in [1.29, 1.82) is 0 Å². The lowest BCUT2D eigenvalue weighted by Crippen LogP contribution is -2.44. The third kappa shape index (κ3) is 3.81. The van der Waals surface area contributed by atoms with Crippen LogP contribution < -0.4 is 5.32 Å². The first-order valence-electron chi connectivity index (χ1n) is 9.25. The maximum atomic E-state index is 12.3. The summed E-state index contributed by atoms with van der Waals surface area (Å²) in [7, 11) is 0. The normalized spacial score (nSPS) is 22.6. The first-order chi connectivity index (χ1) is 12.6. The number of carbonyl (C=O) groups excluding carboxylic acids is 1. The zero-order chi connectivity index (χ0) is 18.0. The molecule has 1 N–H and O–H groups in total. The van der Waals surface area contributed by atoms with Crippen LogP contribution in [0, 0.1) is 6.92 Å². The van der Waals surface area contributed by atoms with Crippen molar-refractivity contribution in [3.63, 3.8) is 0 Å². The van der Waals surface area contributed by atoms with Gasteiger partial charge < -0.3 is 14.5 Å². The van der Waals surface area contributed by atoms with Gasteiger partial charge in [0.15, 0.2) is 0 Å². The molecule has 0 aliphatic carbocycles. The van der Waals surface area contributed by atoms with Gasteiger partial charge in [0.25, 0.3) is 5.91 Å². The van der Waals surface area contributed by atoms with Crippen molar-refractivity contribution in [2.45, 2.75) is 44.4 Å². The monoisotopic (exact) mass is 355 g/mol. The van der Waals surface area contributed by atoms with E-state index in [9.17, 15) is 4.79 Å². The third-order valence-corrected chi connectivity index (χ3v) is 5.38. The Kier molecular flexibility index (Phi) is 4.78. The van der Waals surface area contributed by atoms with E-state index in [0.29, 0.717) is 12.3 Å². The molecule has 2 aromatic rings. The Morgan fingerprint density at radius 3 is 2.85 bits per heavy atom. The molecule has 4 heterocycles. The van der Waals surface area contributed by atoms with E-state index in [2.05, 4.69) is 21.3 Å². The maximum Gasteiger partial charge on any atom is 0.270 e. The van der Waals surface area contributed by atoms with Crippen LogP contribution in [0.25, 0.3) is 0 Å². The number of ether oxygens (including phenoxy) is 1. The molecule has 2 fully saturated rings. The summed E-state index contributed by atoms with van der Waals surface area (Å²) in [4.78, 5) is 18.8. The van der Waals surface area contributed by atoms with Crippen LogP contribution in [0.5, 0.6) is 0 Å². The van der Waals surface area contributed by atoms with Crippen molar-refractivity contribution in [2.75, 3.05) is 19.7 Å².